The standard InChI is InChI=1S/C14H24N4O/c1-4-10-19-13-12(8-7-9-16-13)11-17-14(15)18(5-2)6-3/h7-9H,4-6,10-11H2,1-3H3,(H2,15,17). The zero-order valence-electron chi connectivity index (χ0n) is 12.1. The number of hydrogen-bond acceptors (Lipinski definition) is 3. The summed E-state index contributed by atoms with van der Waals surface area (Å²) in [6.45, 7) is 9.07. The lowest BCUT2D eigenvalue weighted by Gasteiger charge is -2.19. The number of nitrogens with zero attached hydrogens (tertiary/aromatic N) is 3. The number of pyridine rings is 1. The predicted molar refractivity (Wildman–Crippen MR) is 78.3 cm³/mol. The second-order valence-electron chi connectivity index (χ2n) is 4.16. The van der Waals surface area contributed by atoms with Crippen molar-refractivity contribution in [1.82, 2.24) is 9.88 Å². The van der Waals surface area contributed by atoms with Gasteiger partial charge in [-0.1, -0.05) is 13.0 Å². The monoisotopic (exact) mass is 264 g/mol. The van der Waals surface area contributed by atoms with E-state index in [-0.39, 0.29) is 0 Å². The van der Waals surface area contributed by atoms with Gasteiger partial charge in [0.15, 0.2) is 5.96 Å². The van der Waals surface area contributed by atoms with Crippen LogP contribution in [0.4, 0.5) is 0 Å². The molecule has 0 fully saturated rings. The molecule has 0 amide bonds. The van der Waals surface area contributed by atoms with Crippen LogP contribution in [0, 0.1) is 0 Å². The Bertz CT molecular complexity index is 402. The van der Waals surface area contributed by atoms with E-state index in [9.17, 15) is 0 Å². The first-order chi connectivity index (χ1) is 9.22. The molecule has 1 rings (SSSR count). The molecule has 1 heterocycles. The number of ether oxygens (including phenoxy) is 1. The summed E-state index contributed by atoms with van der Waals surface area (Å²) in [5.74, 6) is 1.22. The van der Waals surface area contributed by atoms with Crippen molar-refractivity contribution in [2.24, 2.45) is 10.7 Å². The number of aromatic nitrogens is 1. The smallest absolute Gasteiger partial charge is 0.218 e. The Balaban J connectivity index is 2.73. The van der Waals surface area contributed by atoms with Crippen LogP contribution < -0.4 is 10.5 Å². The van der Waals surface area contributed by atoms with E-state index in [1.54, 1.807) is 6.20 Å². The van der Waals surface area contributed by atoms with E-state index in [4.69, 9.17) is 10.5 Å². The van der Waals surface area contributed by atoms with Crippen LogP contribution >= 0.6 is 0 Å². The van der Waals surface area contributed by atoms with Crippen LogP contribution in [0.2, 0.25) is 0 Å². The molecule has 0 radical (unpaired) electrons. The van der Waals surface area contributed by atoms with Gasteiger partial charge in [-0.25, -0.2) is 9.98 Å². The lowest BCUT2D eigenvalue weighted by molar-refractivity contribution is 0.302. The summed E-state index contributed by atoms with van der Waals surface area (Å²) in [6.07, 6.45) is 2.69. The Morgan fingerprint density at radius 2 is 2.11 bits per heavy atom. The van der Waals surface area contributed by atoms with Crippen molar-refractivity contribution in [3.8, 4) is 5.88 Å². The van der Waals surface area contributed by atoms with Crippen LogP contribution in [0.25, 0.3) is 0 Å². The van der Waals surface area contributed by atoms with Gasteiger partial charge in [-0.3, -0.25) is 0 Å². The minimum Gasteiger partial charge on any atom is -0.477 e. The highest BCUT2D eigenvalue weighted by atomic mass is 16.5. The van der Waals surface area contributed by atoms with Crippen molar-refractivity contribution >= 4 is 5.96 Å². The highest BCUT2D eigenvalue weighted by Gasteiger charge is 2.06. The summed E-state index contributed by atoms with van der Waals surface area (Å²) >= 11 is 0. The van der Waals surface area contributed by atoms with Crippen molar-refractivity contribution < 1.29 is 4.74 Å². The molecular formula is C14H24N4O. The third-order valence-electron chi connectivity index (χ3n) is 2.79. The van der Waals surface area contributed by atoms with Crippen LogP contribution in [0.3, 0.4) is 0 Å². The summed E-state index contributed by atoms with van der Waals surface area (Å²) in [4.78, 5) is 10.7. The van der Waals surface area contributed by atoms with E-state index in [2.05, 4.69) is 30.7 Å². The average Bonchev–Trinajstić information content (AvgIpc) is 2.45. The fraction of sp³-hybridized carbons (Fsp3) is 0.571. The van der Waals surface area contributed by atoms with E-state index in [0.29, 0.717) is 25.0 Å². The molecule has 19 heavy (non-hydrogen) atoms. The van der Waals surface area contributed by atoms with E-state index in [1.807, 2.05) is 17.0 Å². The molecule has 0 saturated heterocycles. The number of nitrogens with two attached hydrogens (primary N) is 1. The molecule has 0 aliphatic carbocycles. The maximum Gasteiger partial charge on any atom is 0.218 e. The van der Waals surface area contributed by atoms with Gasteiger partial charge in [0.25, 0.3) is 0 Å². The van der Waals surface area contributed by atoms with Gasteiger partial charge in [-0.2, -0.15) is 0 Å². The number of hydrogen-bond donors (Lipinski definition) is 1. The summed E-state index contributed by atoms with van der Waals surface area (Å²) in [7, 11) is 0. The first-order valence-electron chi connectivity index (χ1n) is 6.84. The summed E-state index contributed by atoms with van der Waals surface area (Å²) in [6, 6.07) is 3.86. The van der Waals surface area contributed by atoms with Crippen LogP contribution in [0.1, 0.15) is 32.8 Å². The molecule has 2 N–H and O–H groups in total. The third kappa shape index (κ3) is 4.77. The minimum absolute atomic E-state index is 0.495. The van der Waals surface area contributed by atoms with Crippen LogP contribution in [0.15, 0.2) is 23.3 Å². The van der Waals surface area contributed by atoms with Gasteiger partial charge < -0.3 is 15.4 Å². The number of aliphatic imine (C=N–C) groups is 1. The van der Waals surface area contributed by atoms with Gasteiger partial charge >= 0.3 is 0 Å². The maximum absolute atomic E-state index is 5.95. The first-order valence-corrected chi connectivity index (χ1v) is 6.84. The van der Waals surface area contributed by atoms with Crippen molar-refractivity contribution in [3.63, 3.8) is 0 Å². The Morgan fingerprint density at radius 1 is 1.37 bits per heavy atom. The molecule has 1 aromatic heterocycles. The fourth-order valence-corrected chi connectivity index (χ4v) is 1.69. The zero-order valence-corrected chi connectivity index (χ0v) is 12.1. The van der Waals surface area contributed by atoms with Crippen LogP contribution in [0.5, 0.6) is 5.88 Å². The number of guanidine groups is 1. The van der Waals surface area contributed by atoms with Crippen molar-refractivity contribution in [3.05, 3.63) is 23.9 Å². The average molecular weight is 264 g/mol. The van der Waals surface area contributed by atoms with E-state index < -0.39 is 0 Å². The molecule has 1 aromatic rings. The minimum atomic E-state index is 0.495. The SMILES string of the molecule is CCCOc1ncccc1CN=C(N)N(CC)CC. The largest absolute Gasteiger partial charge is 0.477 e. The third-order valence-corrected chi connectivity index (χ3v) is 2.79. The van der Waals surface area contributed by atoms with Crippen molar-refractivity contribution in [1.29, 1.82) is 0 Å². The molecular weight excluding hydrogens is 240 g/mol. The molecule has 5 nitrogen and oxygen atoms in total. The van der Waals surface area contributed by atoms with Crippen molar-refractivity contribution in [2.75, 3.05) is 19.7 Å². The first kappa shape index (κ1) is 15.3. The van der Waals surface area contributed by atoms with E-state index in [1.165, 1.54) is 0 Å². The summed E-state index contributed by atoms with van der Waals surface area (Å²) in [5, 5.41) is 0. The molecule has 0 spiro atoms. The van der Waals surface area contributed by atoms with Crippen molar-refractivity contribution in [2.45, 2.75) is 33.7 Å². The quantitative estimate of drug-likeness (QED) is 0.604. The molecule has 0 aromatic carbocycles. The normalized spacial score (nSPS) is 11.4. The summed E-state index contributed by atoms with van der Waals surface area (Å²) < 4.78 is 5.60. The lowest BCUT2D eigenvalue weighted by Crippen LogP contribution is -2.37. The molecule has 0 saturated carbocycles. The maximum atomic E-state index is 5.95. The van der Waals surface area contributed by atoms with Gasteiger partial charge in [0.1, 0.15) is 0 Å². The number of rotatable bonds is 7. The highest BCUT2D eigenvalue weighted by Crippen LogP contribution is 2.15. The molecule has 0 unspecified atom stereocenters. The molecule has 0 aliphatic rings. The van der Waals surface area contributed by atoms with Gasteiger partial charge in [0, 0.05) is 24.8 Å². The molecule has 0 atom stereocenters. The van der Waals surface area contributed by atoms with Crippen LogP contribution in [-0.2, 0) is 6.54 Å². The molecule has 106 valence electrons. The second kappa shape index (κ2) is 8.34. The van der Waals surface area contributed by atoms with Gasteiger partial charge in [0.05, 0.1) is 13.2 Å². The van der Waals surface area contributed by atoms with Gasteiger partial charge in [-0.15, -0.1) is 0 Å². The predicted octanol–water partition coefficient (Wildman–Crippen LogP) is 2.03. The van der Waals surface area contributed by atoms with E-state index >= 15 is 0 Å². The summed E-state index contributed by atoms with van der Waals surface area (Å²) in [5.41, 5.74) is 6.92. The Kier molecular flexibility index (Phi) is 6.71. The fourth-order valence-electron chi connectivity index (χ4n) is 1.69. The van der Waals surface area contributed by atoms with Gasteiger partial charge in [0.2, 0.25) is 5.88 Å². The molecule has 0 aliphatic heterocycles. The topological polar surface area (TPSA) is 63.7 Å². The Labute approximate surface area is 115 Å². The Morgan fingerprint density at radius 3 is 2.74 bits per heavy atom. The zero-order chi connectivity index (χ0) is 14.1. The second-order valence-corrected chi connectivity index (χ2v) is 4.16. The van der Waals surface area contributed by atoms with E-state index in [0.717, 1.165) is 25.1 Å². The molecule has 5 heteroatoms. The lowest BCUT2D eigenvalue weighted by atomic mass is 10.3. The Hall–Kier alpha value is -1.78. The van der Waals surface area contributed by atoms with Crippen LogP contribution in [-0.4, -0.2) is 35.5 Å². The van der Waals surface area contributed by atoms with Gasteiger partial charge in [-0.05, 0) is 26.3 Å². The highest BCUT2D eigenvalue weighted by molar-refractivity contribution is 5.78. The molecule has 0 bridgehead atoms.